The van der Waals surface area contributed by atoms with Crippen LogP contribution in [0.4, 0.5) is 14.6 Å². The van der Waals surface area contributed by atoms with Crippen LogP contribution in [0.2, 0.25) is 0 Å². The van der Waals surface area contributed by atoms with E-state index in [2.05, 4.69) is 25.5 Å². The van der Waals surface area contributed by atoms with E-state index in [-0.39, 0.29) is 23.0 Å². The number of amides is 1. The number of carbonyl (C=O) groups is 1. The fourth-order valence-electron chi connectivity index (χ4n) is 3.30. The molecule has 1 fully saturated rings. The van der Waals surface area contributed by atoms with Gasteiger partial charge in [0.2, 0.25) is 5.43 Å². The largest absolute Gasteiger partial charge is 0.360 e. The third-order valence-electron chi connectivity index (χ3n) is 4.87. The van der Waals surface area contributed by atoms with E-state index < -0.39 is 23.0 Å². The van der Waals surface area contributed by atoms with Crippen LogP contribution in [-0.4, -0.2) is 42.1 Å². The average molecular weight is 399 g/mol. The van der Waals surface area contributed by atoms with Crippen LogP contribution in [0, 0.1) is 11.6 Å². The van der Waals surface area contributed by atoms with E-state index in [9.17, 15) is 18.4 Å². The Morgan fingerprint density at radius 3 is 2.72 bits per heavy atom. The average Bonchev–Trinajstić information content (AvgIpc) is 2.74. The number of hydrogen-bond donors (Lipinski definition) is 3. The first kappa shape index (κ1) is 19.0. The molecule has 0 unspecified atom stereocenters. The summed E-state index contributed by atoms with van der Waals surface area (Å²) in [5, 5.41) is 5.89. The van der Waals surface area contributed by atoms with Gasteiger partial charge in [-0.2, -0.15) is 0 Å². The number of benzene rings is 1. The molecule has 3 aromatic rings. The number of anilines is 1. The number of pyridine rings is 2. The van der Waals surface area contributed by atoms with Crippen LogP contribution in [0.1, 0.15) is 15.9 Å². The van der Waals surface area contributed by atoms with Crippen LogP contribution in [-0.2, 0) is 6.54 Å². The lowest BCUT2D eigenvalue weighted by Crippen LogP contribution is -2.43. The first-order valence-electron chi connectivity index (χ1n) is 9.22. The molecule has 0 aliphatic carbocycles. The minimum Gasteiger partial charge on any atom is -0.360 e. The summed E-state index contributed by atoms with van der Waals surface area (Å²) < 4.78 is 26.8. The van der Waals surface area contributed by atoms with Crippen molar-refractivity contribution < 1.29 is 13.6 Å². The summed E-state index contributed by atoms with van der Waals surface area (Å²) in [5.74, 6) is -1.97. The Labute approximate surface area is 164 Å². The van der Waals surface area contributed by atoms with Gasteiger partial charge in [-0.15, -0.1) is 0 Å². The molecule has 3 heterocycles. The Morgan fingerprint density at radius 1 is 1.17 bits per heavy atom. The van der Waals surface area contributed by atoms with Crippen LogP contribution in [0.15, 0.2) is 41.5 Å². The maximum atomic E-state index is 13.5. The van der Waals surface area contributed by atoms with E-state index in [0.717, 1.165) is 49.7 Å². The molecule has 0 spiro atoms. The van der Waals surface area contributed by atoms with Crippen LogP contribution in [0.5, 0.6) is 0 Å². The van der Waals surface area contributed by atoms with Gasteiger partial charge in [-0.1, -0.05) is 0 Å². The van der Waals surface area contributed by atoms with Crippen molar-refractivity contribution in [2.75, 3.05) is 31.1 Å². The Bertz CT molecular complexity index is 1130. The van der Waals surface area contributed by atoms with Gasteiger partial charge in [0.25, 0.3) is 5.91 Å². The molecule has 29 heavy (non-hydrogen) atoms. The molecule has 1 aromatic carbocycles. The smallest absolute Gasteiger partial charge is 0.257 e. The molecule has 1 saturated heterocycles. The topological polar surface area (TPSA) is 90.1 Å². The van der Waals surface area contributed by atoms with Crippen molar-refractivity contribution in [3.8, 4) is 0 Å². The number of halogens is 2. The predicted molar refractivity (Wildman–Crippen MR) is 105 cm³/mol. The summed E-state index contributed by atoms with van der Waals surface area (Å²) in [6, 6.07) is 5.37. The SMILES string of the molecule is O=C(NCc1ccnc(N2CCNCC2)c1)c1c[nH]c2cc(F)c(F)cc2c1=O. The highest BCUT2D eigenvalue weighted by molar-refractivity contribution is 5.97. The van der Waals surface area contributed by atoms with Crippen LogP contribution >= 0.6 is 0 Å². The fraction of sp³-hybridized carbons (Fsp3) is 0.250. The predicted octanol–water partition coefficient (Wildman–Crippen LogP) is 1.54. The molecule has 0 radical (unpaired) electrons. The molecule has 2 aromatic heterocycles. The number of H-pyrrole nitrogens is 1. The lowest BCUT2D eigenvalue weighted by molar-refractivity contribution is 0.0949. The third kappa shape index (κ3) is 3.95. The number of nitrogens with zero attached hydrogens (tertiary/aromatic N) is 2. The van der Waals surface area contributed by atoms with Crippen molar-refractivity contribution in [1.82, 2.24) is 20.6 Å². The van der Waals surface area contributed by atoms with Gasteiger partial charge < -0.3 is 20.5 Å². The van der Waals surface area contributed by atoms with Gasteiger partial charge in [-0.25, -0.2) is 13.8 Å². The maximum absolute atomic E-state index is 13.5. The molecule has 7 nitrogen and oxygen atoms in total. The van der Waals surface area contributed by atoms with Gasteiger partial charge in [0.05, 0.1) is 5.52 Å². The molecule has 1 aliphatic heterocycles. The van der Waals surface area contributed by atoms with Crippen molar-refractivity contribution in [2.45, 2.75) is 6.54 Å². The summed E-state index contributed by atoms with van der Waals surface area (Å²) in [5.41, 5.74) is 0.138. The lowest BCUT2D eigenvalue weighted by atomic mass is 10.1. The highest BCUT2D eigenvalue weighted by Gasteiger charge is 2.16. The molecule has 0 bridgehead atoms. The first-order chi connectivity index (χ1) is 14.0. The highest BCUT2D eigenvalue weighted by atomic mass is 19.2. The van der Waals surface area contributed by atoms with Gasteiger partial charge >= 0.3 is 0 Å². The standard InChI is InChI=1S/C20H19F2N5O2/c21-15-8-13-17(9-16(15)22)25-11-14(19(13)28)20(29)26-10-12-1-2-24-18(7-12)27-5-3-23-4-6-27/h1-2,7-9,11,23H,3-6,10H2,(H,25,28)(H,26,29). The van der Waals surface area contributed by atoms with Crippen LogP contribution in [0.25, 0.3) is 10.9 Å². The molecule has 1 aliphatic rings. The number of piperazine rings is 1. The molecular formula is C20H19F2N5O2. The van der Waals surface area contributed by atoms with Crippen molar-refractivity contribution in [2.24, 2.45) is 0 Å². The zero-order valence-electron chi connectivity index (χ0n) is 15.5. The van der Waals surface area contributed by atoms with Gasteiger partial charge in [-0.3, -0.25) is 9.59 Å². The van der Waals surface area contributed by atoms with Gasteiger partial charge in [0.1, 0.15) is 11.4 Å². The highest BCUT2D eigenvalue weighted by Crippen LogP contribution is 2.15. The Morgan fingerprint density at radius 2 is 1.93 bits per heavy atom. The number of fused-ring (bicyclic) bond motifs is 1. The molecule has 0 saturated carbocycles. The number of rotatable bonds is 4. The number of aromatic nitrogens is 2. The summed E-state index contributed by atoms with van der Waals surface area (Å²) in [6.45, 7) is 3.68. The second-order valence-electron chi connectivity index (χ2n) is 6.79. The van der Waals surface area contributed by atoms with Crippen LogP contribution < -0.4 is 21.0 Å². The molecule has 9 heteroatoms. The number of nitrogens with one attached hydrogen (secondary N) is 3. The van der Waals surface area contributed by atoms with Crippen molar-refractivity contribution >= 4 is 22.6 Å². The quantitative estimate of drug-likeness (QED) is 0.619. The second kappa shape index (κ2) is 7.96. The minimum absolute atomic E-state index is 0.0820. The maximum Gasteiger partial charge on any atom is 0.257 e. The van der Waals surface area contributed by atoms with E-state index >= 15 is 0 Å². The zero-order valence-corrected chi connectivity index (χ0v) is 15.5. The van der Waals surface area contributed by atoms with Gasteiger partial charge in [-0.05, 0) is 23.8 Å². The van der Waals surface area contributed by atoms with E-state index in [4.69, 9.17) is 0 Å². The third-order valence-corrected chi connectivity index (χ3v) is 4.87. The van der Waals surface area contributed by atoms with E-state index in [1.807, 2.05) is 6.07 Å². The van der Waals surface area contributed by atoms with Crippen LogP contribution in [0.3, 0.4) is 0 Å². The van der Waals surface area contributed by atoms with Gasteiger partial charge in [0.15, 0.2) is 11.6 Å². The van der Waals surface area contributed by atoms with Crippen molar-refractivity contribution in [3.05, 3.63) is 69.6 Å². The Kier molecular flexibility index (Phi) is 5.22. The van der Waals surface area contributed by atoms with E-state index in [0.29, 0.717) is 0 Å². The summed E-state index contributed by atoms with van der Waals surface area (Å²) in [7, 11) is 0. The fourth-order valence-corrected chi connectivity index (χ4v) is 3.30. The number of carbonyl (C=O) groups excluding carboxylic acids is 1. The number of hydrogen-bond acceptors (Lipinski definition) is 5. The van der Waals surface area contributed by atoms with Gasteiger partial charge in [0, 0.05) is 56.6 Å². The summed E-state index contributed by atoms with van der Waals surface area (Å²) in [6.07, 6.45) is 2.88. The zero-order chi connectivity index (χ0) is 20.4. The molecule has 3 N–H and O–H groups in total. The lowest BCUT2D eigenvalue weighted by Gasteiger charge is -2.28. The monoisotopic (exact) mass is 399 g/mol. The van der Waals surface area contributed by atoms with E-state index in [1.54, 1.807) is 12.3 Å². The molecular weight excluding hydrogens is 380 g/mol. The Balaban J connectivity index is 1.51. The second-order valence-corrected chi connectivity index (χ2v) is 6.79. The van der Waals surface area contributed by atoms with Crippen molar-refractivity contribution in [1.29, 1.82) is 0 Å². The molecule has 4 rings (SSSR count). The number of aromatic amines is 1. The normalized spacial score (nSPS) is 14.2. The van der Waals surface area contributed by atoms with E-state index in [1.165, 1.54) is 6.20 Å². The minimum atomic E-state index is -1.14. The molecule has 150 valence electrons. The molecule has 0 atom stereocenters. The first-order valence-corrected chi connectivity index (χ1v) is 9.22. The van der Waals surface area contributed by atoms with Crippen molar-refractivity contribution in [3.63, 3.8) is 0 Å². The molecule has 1 amide bonds. The Hall–Kier alpha value is -3.33. The summed E-state index contributed by atoms with van der Waals surface area (Å²) >= 11 is 0. The summed E-state index contributed by atoms with van der Waals surface area (Å²) in [4.78, 5) is 34.2.